The maximum Gasteiger partial charge on any atom is 0.340 e. The first-order valence-electron chi connectivity index (χ1n) is 10.8. The van der Waals surface area contributed by atoms with E-state index in [9.17, 15) is 14.4 Å². The van der Waals surface area contributed by atoms with Gasteiger partial charge in [0.1, 0.15) is 17.1 Å². The molecule has 2 aliphatic rings. The van der Waals surface area contributed by atoms with E-state index in [1.54, 1.807) is 9.91 Å². The van der Waals surface area contributed by atoms with Gasteiger partial charge in [-0.15, -0.1) is 0 Å². The number of aromatic amines is 2. The molecular formula is C22H28N6O4. The Morgan fingerprint density at radius 2 is 1.81 bits per heavy atom. The van der Waals surface area contributed by atoms with Crippen molar-refractivity contribution in [1.82, 2.24) is 20.1 Å². The van der Waals surface area contributed by atoms with Crippen LogP contribution in [0.2, 0.25) is 0 Å². The summed E-state index contributed by atoms with van der Waals surface area (Å²) in [6.07, 6.45) is 1.57. The first-order valence-corrected chi connectivity index (χ1v) is 10.8. The van der Waals surface area contributed by atoms with Crippen molar-refractivity contribution < 1.29 is 14.3 Å². The number of anilines is 1. The number of aromatic nitrogens is 3. The van der Waals surface area contributed by atoms with E-state index in [1.165, 1.54) is 0 Å². The largest absolute Gasteiger partial charge is 0.458 e. The molecule has 4 rings (SSSR count). The summed E-state index contributed by atoms with van der Waals surface area (Å²) in [6, 6.07) is 8.62. The Morgan fingerprint density at radius 1 is 1.12 bits per heavy atom. The fourth-order valence-electron chi connectivity index (χ4n) is 4.03. The van der Waals surface area contributed by atoms with Gasteiger partial charge in [-0.3, -0.25) is 14.8 Å². The van der Waals surface area contributed by atoms with Gasteiger partial charge >= 0.3 is 11.7 Å². The second kappa shape index (κ2) is 8.60. The smallest absolute Gasteiger partial charge is 0.340 e. The SMILES string of the molecule is CC(C)(C)OC(=O)[C@@H]1CC(C(=O)N2CCC(c3n[nH]c(=O)[nH]3)CC2)=NN1c1ccccc1. The van der Waals surface area contributed by atoms with Gasteiger partial charge in [0.15, 0.2) is 6.04 Å². The van der Waals surface area contributed by atoms with Crippen LogP contribution in [0.25, 0.3) is 0 Å². The Balaban J connectivity index is 1.48. The van der Waals surface area contributed by atoms with E-state index in [2.05, 4.69) is 20.3 Å². The third-order valence-electron chi connectivity index (χ3n) is 5.55. The van der Waals surface area contributed by atoms with Gasteiger partial charge in [-0.1, -0.05) is 18.2 Å². The first-order chi connectivity index (χ1) is 15.2. The molecule has 0 spiro atoms. The zero-order valence-corrected chi connectivity index (χ0v) is 18.5. The minimum absolute atomic E-state index is 0.0962. The standard InChI is InChI=1S/C22H28N6O4/c1-22(2,3)32-20(30)17-13-16(26-28(17)15-7-5-4-6-8-15)19(29)27-11-9-14(10-12-27)18-23-21(31)25-24-18/h4-8,14,17H,9-13H2,1-3H3,(H2,23,24,25,31)/t17-/m0/s1. The highest BCUT2D eigenvalue weighted by atomic mass is 16.6. The average Bonchev–Trinajstić information content (AvgIpc) is 3.40. The molecule has 2 aromatic rings. The van der Waals surface area contributed by atoms with E-state index < -0.39 is 17.6 Å². The van der Waals surface area contributed by atoms with Crippen LogP contribution in [0.1, 0.15) is 51.8 Å². The van der Waals surface area contributed by atoms with Crippen LogP contribution in [0, 0.1) is 0 Å². The molecule has 1 amide bonds. The number of piperidine rings is 1. The molecule has 170 valence electrons. The average molecular weight is 441 g/mol. The molecule has 2 aliphatic heterocycles. The maximum absolute atomic E-state index is 13.2. The number of hydrogen-bond acceptors (Lipinski definition) is 7. The van der Waals surface area contributed by atoms with Crippen LogP contribution >= 0.6 is 0 Å². The highest BCUT2D eigenvalue weighted by Crippen LogP contribution is 2.29. The van der Waals surface area contributed by atoms with Crippen molar-refractivity contribution in [3.05, 3.63) is 46.6 Å². The van der Waals surface area contributed by atoms with Crippen molar-refractivity contribution in [2.75, 3.05) is 18.1 Å². The van der Waals surface area contributed by atoms with Crippen molar-refractivity contribution in [2.24, 2.45) is 5.10 Å². The Bertz CT molecular complexity index is 1060. The summed E-state index contributed by atoms with van der Waals surface area (Å²) in [7, 11) is 0. The summed E-state index contributed by atoms with van der Waals surface area (Å²) >= 11 is 0. The van der Waals surface area contributed by atoms with Crippen LogP contribution in [0.5, 0.6) is 0 Å². The van der Waals surface area contributed by atoms with Gasteiger partial charge in [0.05, 0.1) is 5.69 Å². The minimum atomic E-state index is -0.692. The number of benzene rings is 1. The van der Waals surface area contributed by atoms with Gasteiger partial charge < -0.3 is 9.64 Å². The monoisotopic (exact) mass is 440 g/mol. The predicted molar refractivity (Wildman–Crippen MR) is 118 cm³/mol. The maximum atomic E-state index is 13.2. The van der Waals surface area contributed by atoms with Gasteiger partial charge in [-0.2, -0.15) is 10.2 Å². The summed E-state index contributed by atoms with van der Waals surface area (Å²) in [5.74, 6) is 0.138. The zero-order valence-electron chi connectivity index (χ0n) is 18.5. The van der Waals surface area contributed by atoms with Crippen molar-refractivity contribution in [3.8, 4) is 0 Å². The Labute approximate surface area is 185 Å². The third kappa shape index (κ3) is 4.74. The second-order valence-corrected chi connectivity index (χ2v) is 9.11. The Kier molecular flexibility index (Phi) is 5.86. The lowest BCUT2D eigenvalue weighted by Gasteiger charge is -2.30. The molecule has 0 saturated carbocycles. The summed E-state index contributed by atoms with van der Waals surface area (Å²) in [5, 5.41) is 12.5. The second-order valence-electron chi connectivity index (χ2n) is 9.11. The lowest BCUT2D eigenvalue weighted by Crippen LogP contribution is -2.42. The summed E-state index contributed by atoms with van der Waals surface area (Å²) in [6.45, 7) is 6.50. The normalized spacial score (nSPS) is 19.7. The molecule has 0 bridgehead atoms. The highest BCUT2D eigenvalue weighted by molar-refractivity contribution is 6.40. The van der Waals surface area contributed by atoms with E-state index in [-0.39, 0.29) is 23.9 Å². The quantitative estimate of drug-likeness (QED) is 0.699. The lowest BCUT2D eigenvalue weighted by atomic mass is 9.95. The number of carbonyl (C=O) groups is 2. The molecule has 1 fully saturated rings. The van der Waals surface area contributed by atoms with Gasteiger partial charge in [0.2, 0.25) is 0 Å². The third-order valence-corrected chi connectivity index (χ3v) is 5.55. The number of H-pyrrole nitrogens is 2. The van der Waals surface area contributed by atoms with Crippen LogP contribution in [0.4, 0.5) is 5.69 Å². The van der Waals surface area contributed by atoms with Crippen molar-refractivity contribution in [2.45, 2.75) is 57.6 Å². The van der Waals surface area contributed by atoms with Crippen LogP contribution in [0.15, 0.2) is 40.2 Å². The molecule has 1 aromatic heterocycles. The molecule has 2 N–H and O–H groups in total. The highest BCUT2D eigenvalue weighted by Gasteiger charge is 2.40. The van der Waals surface area contributed by atoms with Gasteiger partial charge in [-0.25, -0.2) is 14.7 Å². The van der Waals surface area contributed by atoms with Crippen molar-refractivity contribution in [3.63, 3.8) is 0 Å². The molecule has 0 unspecified atom stereocenters. The lowest BCUT2D eigenvalue weighted by molar-refractivity contribution is -0.156. The van der Waals surface area contributed by atoms with Crippen LogP contribution < -0.4 is 10.7 Å². The summed E-state index contributed by atoms with van der Waals surface area (Å²) in [5.41, 5.74) is 0.109. The molecule has 1 saturated heterocycles. The van der Waals surface area contributed by atoms with Gasteiger partial charge in [0.25, 0.3) is 5.91 Å². The molecular weight excluding hydrogens is 412 g/mol. The van der Waals surface area contributed by atoms with E-state index in [4.69, 9.17) is 4.74 Å². The van der Waals surface area contributed by atoms with Crippen LogP contribution in [-0.2, 0) is 14.3 Å². The van der Waals surface area contributed by atoms with Gasteiger partial charge in [0, 0.05) is 25.4 Å². The molecule has 32 heavy (non-hydrogen) atoms. The number of hydrogen-bond donors (Lipinski definition) is 2. The molecule has 0 radical (unpaired) electrons. The number of amides is 1. The minimum Gasteiger partial charge on any atom is -0.458 e. The van der Waals surface area contributed by atoms with Crippen molar-refractivity contribution >= 4 is 23.3 Å². The van der Waals surface area contributed by atoms with E-state index >= 15 is 0 Å². The number of nitrogens with zero attached hydrogens (tertiary/aromatic N) is 4. The predicted octanol–water partition coefficient (Wildman–Crippen LogP) is 1.78. The topological polar surface area (TPSA) is 124 Å². The molecule has 1 aromatic carbocycles. The number of esters is 1. The molecule has 10 nitrogen and oxygen atoms in total. The molecule has 3 heterocycles. The summed E-state index contributed by atoms with van der Waals surface area (Å²) in [4.78, 5) is 41.9. The number of rotatable bonds is 4. The van der Waals surface area contributed by atoms with Crippen LogP contribution in [-0.4, -0.2) is 62.4 Å². The zero-order chi connectivity index (χ0) is 22.9. The Morgan fingerprint density at radius 3 is 2.41 bits per heavy atom. The number of para-hydroxylation sites is 1. The number of nitrogens with one attached hydrogen (secondary N) is 2. The molecule has 0 aliphatic carbocycles. The van der Waals surface area contributed by atoms with E-state index in [1.807, 2.05) is 51.1 Å². The van der Waals surface area contributed by atoms with E-state index in [0.29, 0.717) is 37.5 Å². The summed E-state index contributed by atoms with van der Waals surface area (Å²) < 4.78 is 5.59. The Hall–Kier alpha value is -3.43. The fraction of sp³-hybridized carbons (Fsp3) is 0.500. The number of hydrazone groups is 1. The van der Waals surface area contributed by atoms with E-state index in [0.717, 1.165) is 5.69 Å². The van der Waals surface area contributed by atoms with Crippen molar-refractivity contribution in [1.29, 1.82) is 0 Å². The number of ether oxygens (including phenoxy) is 1. The van der Waals surface area contributed by atoms with Gasteiger partial charge in [-0.05, 0) is 45.7 Å². The molecule has 1 atom stereocenters. The van der Waals surface area contributed by atoms with Crippen LogP contribution in [0.3, 0.4) is 0 Å². The first kappa shape index (κ1) is 21.8. The molecule has 10 heteroatoms. The fourth-order valence-corrected chi connectivity index (χ4v) is 4.03. The number of likely N-dealkylation sites (tertiary alicyclic amines) is 1. The number of carbonyl (C=O) groups excluding carboxylic acids is 2.